The zero-order valence-electron chi connectivity index (χ0n) is 16.9. The molecule has 0 saturated heterocycles. The summed E-state index contributed by atoms with van der Waals surface area (Å²) in [6.45, 7) is 6.71. The molecule has 0 saturated carbocycles. The zero-order chi connectivity index (χ0) is 20.5. The van der Waals surface area contributed by atoms with Crippen LogP contribution in [0.15, 0.2) is 42.5 Å². The van der Waals surface area contributed by atoms with Gasteiger partial charge in [0.1, 0.15) is 5.75 Å². The number of para-hydroxylation sites is 1. The lowest BCUT2D eigenvalue weighted by Gasteiger charge is -2.17. The molecule has 0 radical (unpaired) electrons. The standard InChI is InChI=1S/C22H28N2O4/c1-15-12-16(2)14-18(13-15)28-17(3)21(25)24-20-9-6-5-8-19(20)22(26)23-10-7-11-27-4/h5-6,8-9,12-14,17H,7,10-11H2,1-4H3,(H,23,26)(H,24,25). The van der Waals surface area contributed by atoms with Gasteiger partial charge in [0.25, 0.3) is 11.8 Å². The predicted octanol–water partition coefficient (Wildman–Crippen LogP) is 3.48. The van der Waals surface area contributed by atoms with Crippen LogP contribution in [0.4, 0.5) is 5.69 Å². The highest BCUT2D eigenvalue weighted by atomic mass is 16.5. The third kappa shape index (κ3) is 6.39. The Morgan fingerprint density at radius 2 is 1.75 bits per heavy atom. The van der Waals surface area contributed by atoms with E-state index >= 15 is 0 Å². The van der Waals surface area contributed by atoms with Crippen molar-refractivity contribution in [3.63, 3.8) is 0 Å². The maximum atomic E-state index is 12.6. The van der Waals surface area contributed by atoms with Crippen LogP contribution < -0.4 is 15.4 Å². The highest BCUT2D eigenvalue weighted by Crippen LogP contribution is 2.19. The van der Waals surface area contributed by atoms with Gasteiger partial charge in [-0.3, -0.25) is 9.59 Å². The van der Waals surface area contributed by atoms with E-state index in [-0.39, 0.29) is 11.8 Å². The highest BCUT2D eigenvalue weighted by molar-refractivity contribution is 6.04. The Balaban J connectivity index is 2.02. The van der Waals surface area contributed by atoms with Gasteiger partial charge in [-0.05, 0) is 62.6 Å². The van der Waals surface area contributed by atoms with Crippen molar-refractivity contribution in [1.82, 2.24) is 5.32 Å². The molecule has 0 heterocycles. The van der Waals surface area contributed by atoms with Crippen LogP contribution in [-0.4, -0.2) is 38.2 Å². The molecular formula is C22H28N2O4. The number of amides is 2. The fourth-order valence-electron chi connectivity index (χ4n) is 2.80. The predicted molar refractivity (Wildman–Crippen MR) is 110 cm³/mol. The molecule has 0 aliphatic rings. The Morgan fingerprint density at radius 1 is 1.07 bits per heavy atom. The number of ether oxygens (including phenoxy) is 2. The van der Waals surface area contributed by atoms with E-state index in [0.717, 1.165) is 17.5 Å². The molecule has 2 aromatic carbocycles. The number of benzene rings is 2. The summed E-state index contributed by atoms with van der Waals surface area (Å²) in [4.78, 5) is 25.0. The van der Waals surface area contributed by atoms with Crippen molar-refractivity contribution in [1.29, 1.82) is 0 Å². The first-order valence-corrected chi connectivity index (χ1v) is 9.32. The van der Waals surface area contributed by atoms with Crippen LogP contribution in [0.1, 0.15) is 34.8 Å². The molecule has 2 aromatic rings. The smallest absolute Gasteiger partial charge is 0.265 e. The van der Waals surface area contributed by atoms with Crippen molar-refractivity contribution in [2.24, 2.45) is 0 Å². The van der Waals surface area contributed by atoms with Crippen molar-refractivity contribution in [2.75, 3.05) is 25.6 Å². The van der Waals surface area contributed by atoms with E-state index < -0.39 is 6.10 Å². The lowest BCUT2D eigenvalue weighted by Crippen LogP contribution is -2.32. The lowest BCUT2D eigenvalue weighted by atomic mass is 10.1. The molecule has 150 valence electrons. The van der Waals surface area contributed by atoms with E-state index in [2.05, 4.69) is 10.6 Å². The average molecular weight is 384 g/mol. The summed E-state index contributed by atoms with van der Waals surface area (Å²) in [5, 5.41) is 5.62. The topological polar surface area (TPSA) is 76.7 Å². The monoisotopic (exact) mass is 384 g/mol. The van der Waals surface area contributed by atoms with Gasteiger partial charge in [0.05, 0.1) is 11.3 Å². The van der Waals surface area contributed by atoms with Crippen LogP contribution in [0.2, 0.25) is 0 Å². The molecule has 0 aliphatic heterocycles. The van der Waals surface area contributed by atoms with E-state index in [0.29, 0.717) is 30.2 Å². The summed E-state index contributed by atoms with van der Waals surface area (Å²) in [5.74, 6) is 0.0815. The summed E-state index contributed by atoms with van der Waals surface area (Å²) in [6.07, 6.45) is 0.0106. The number of carbonyl (C=O) groups is 2. The number of rotatable bonds is 9. The average Bonchev–Trinajstić information content (AvgIpc) is 2.64. The number of aryl methyl sites for hydroxylation is 2. The summed E-state index contributed by atoms with van der Waals surface area (Å²) in [6, 6.07) is 12.7. The lowest BCUT2D eigenvalue weighted by molar-refractivity contribution is -0.122. The zero-order valence-corrected chi connectivity index (χ0v) is 16.9. The van der Waals surface area contributed by atoms with Gasteiger partial charge in [0.15, 0.2) is 6.10 Å². The quantitative estimate of drug-likeness (QED) is 0.649. The van der Waals surface area contributed by atoms with Gasteiger partial charge in [-0.2, -0.15) is 0 Å². The first-order chi connectivity index (χ1) is 13.4. The van der Waals surface area contributed by atoms with E-state index in [4.69, 9.17) is 9.47 Å². The molecule has 1 atom stereocenters. The van der Waals surface area contributed by atoms with Gasteiger partial charge in [0.2, 0.25) is 0 Å². The van der Waals surface area contributed by atoms with Crippen LogP contribution in [0.5, 0.6) is 5.75 Å². The molecule has 6 heteroatoms. The van der Waals surface area contributed by atoms with E-state index in [9.17, 15) is 9.59 Å². The molecule has 0 aliphatic carbocycles. The molecule has 1 unspecified atom stereocenters. The molecule has 6 nitrogen and oxygen atoms in total. The number of carbonyl (C=O) groups excluding carboxylic acids is 2. The van der Waals surface area contributed by atoms with Crippen LogP contribution in [0.3, 0.4) is 0 Å². The third-order valence-corrected chi connectivity index (χ3v) is 4.12. The SMILES string of the molecule is COCCCNC(=O)c1ccccc1NC(=O)C(C)Oc1cc(C)cc(C)c1. The maximum Gasteiger partial charge on any atom is 0.265 e. The summed E-state index contributed by atoms with van der Waals surface area (Å²) in [5.41, 5.74) is 3.00. The fourth-order valence-corrected chi connectivity index (χ4v) is 2.80. The van der Waals surface area contributed by atoms with Crippen LogP contribution in [0.25, 0.3) is 0 Å². The Kier molecular flexibility index (Phi) is 8.02. The van der Waals surface area contributed by atoms with Gasteiger partial charge < -0.3 is 20.1 Å². The van der Waals surface area contributed by atoms with Gasteiger partial charge in [-0.15, -0.1) is 0 Å². The molecule has 2 N–H and O–H groups in total. The minimum absolute atomic E-state index is 0.241. The Hall–Kier alpha value is -2.86. The Bertz CT molecular complexity index is 800. The van der Waals surface area contributed by atoms with Crippen molar-refractivity contribution in [3.8, 4) is 5.75 Å². The number of anilines is 1. The molecule has 0 bridgehead atoms. The third-order valence-electron chi connectivity index (χ3n) is 4.12. The van der Waals surface area contributed by atoms with Crippen molar-refractivity contribution >= 4 is 17.5 Å². The van der Waals surface area contributed by atoms with Crippen LogP contribution in [-0.2, 0) is 9.53 Å². The van der Waals surface area contributed by atoms with Crippen LogP contribution >= 0.6 is 0 Å². The van der Waals surface area contributed by atoms with Gasteiger partial charge >= 0.3 is 0 Å². The maximum absolute atomic E-state index is 12.6. The van der Waals surface area contributed by atoms with Crippen molar-refractivity contribution in [2.45, 2.75) is 33.3 Å². The van der Waals surface area contributed by atoms with E-state index in [1.54, 1.807) is 38.3 Å². The number of hydrogen-bond donors (Lipinski definition) is 2. The number of nitrogens with one attached hydrogen (secondary N) is 2. The molecule has 0 fully saturated rings. The molecular weight excluding hydrogens is 356 g/mol. The largest absolute Gasteiger partial charge is 0.481 e. The van der Waals surface area contributed by atoms with E-state index in [1.807, 2.05) is 32.0 Å². The van der Waals surface area contributed by atoms with Gasteiger partial charge in [-0.25, -0.2) is 0 Å². The highest BCUT2D eigenvalue weighted by Gasteiger charge is 2.18. The second-order valence-electron chi connectivity index (χ2n) is 6.72. The number of hydrogen-bond acceptors (Lipinski definition) is 4. The van der Waals surface area contributed by atoms with Crippen LogP contribution in [0, 0.1) is 13.8 Å². The second kappa shape index (κ2) is 10.5. The Labute approximate surface area is 166 Å². The molecule has 28 heavy (non-hydrogen) atoms. The first kappa shape index (κ1) is 21.4. The minimum atomic E-state index is -0.709. The summed E-state index contributed by atoms with van der Waals surface area (Å²) >= 11 is 0. The van der Waals surface area contributed by atoms with E-state index in [1.165, 1.54) is 0 Å². The minimum Gasteiger partial charge on any atom is -0.481 e. The fraction of sp³-hybridized carbons (Fsp3) is 0.364. The molecule has 2 rings (SSSR count). The summed E-state index contributed by atoms with van der Waals surface area (Å²) < 4.78 is 10.7. The summed E-state index contributed by atoms with van der Waals surface area (Å²) in [7, 11) is 1.62. The first-order valence-electron chi connectivity index (χ1n) is 9.32. The van der Waals surface area contributed by atoms with Crippen molar-refractivity contribution < 1.29 is 19.1 Å². The normalized spacial score (nSPS) is 11.6. The number of methoxy groups -OCH3 is 1. The van der Waals surface area contributed by atoms with Gasteiger partial charge in [0, 0.05) is 20.3 Å². The second-order valence-corrected chi connectivity index (χ2v) is 6.72. The van der Waals surface area contributed by atoms with Gasteiger partial charge in [-0.1, -0.05) is 18.2 Å². The Morgan fingerprint density at radius 3 is 2.43 bits per heavy atom. The molecule has 0 spiro atoms. The van der Waals surface area contributed by atoms with Crippen molar-refractivity contribution in [3.05, 3.63) is 59.2 Å². The molecule has 2 amide bonds. The molecule has 0 aromatic heterocycles.